The van der Waals surface area contributed by atoms with Crippen LogP contribution in [0.4, 0.5) is 11.8 Å². The third-order valence-corrected chi connectivity index (χ3v) is 7.98. The maximum Gasteiger partial charge on any atom is 0.229 e. The summed E-state index contributed by atoms with van der Waals surface area (Å²) in [6, 6.07) is 18.4. The number of aromatic nitrogens is 5. The molecule has 200 valence electrons. The van der Waals surface area contributed by atoms with Crippen molar-refractivity contribution in [3.63, 3.8) is 0 Å². The molecule has 2 N–H and O–H groups in total. The number of anilines is 2. The van der Waals surface area contributed by atoms with Crippen molar-refractivity contribution < 1.29 is 0 Å². The lowest BCUT2D eigenvalue weighted by atomic mass is 9.87. The first-order valence-corrected chi connectivity index (χ1v) is 14.0. The van der Waals surface area contributed by atoms with Crippen molar-refractivity contribution in [2.24, 2.45) is 0 Å². The standard InChI is InChI=1S/C31H36N8/c1-3-17-32-29-28-30(39(18-4-2)37-36-28)35-31(34-29)38-19-15-24(16-20-38)33-21-27-25-11-7-5-9-22(25)13-14-23-10-6-8-12-26(23)27/h3-12,24,27,33H,1-2,13-21H2,(H,32,34,35). The van der Waals surface area contributed by atoms with Gasteiger partial charge in [-0.15, -0.1) is 18.3 Å². The molecule has 1 saturated heterocycles. The molecule has 0 amide bonds. The van der Waals surface area contributed by atoms with Gasteiger partial charge in [0.2, 0.25) is 5.95 Å². The summed E-state index contributed by atoms with van der Waals surface area (Å²) in [6.07, 6.45) is 7.90. The van der Waals surface area contributed by atoms with Gasteiger partial charge in [0.05, 0.1) is 6.54 Å². The highest BCUT2D eigenvalue weighted by Crippen LogP contribution is 2.34. The fourth-order valence-corrected chi connectivity index (χ4v) is 5.95. The van der Waals surface area contributed by atoms with Crippen LogP contribution in [0.2, 0.25) is 0 Å². The molecule has 0 unspecified atom stereocenters. The Labute approximate surface area is 229 Å². The van der Waals surface area contributed by atoms with E-state index in [0.717, 1.165) is 51.0 Å². The summed E-state index contributed by atoms with van der Waals surface area (Å²) in [6.45, 7) is 11.5. The van der Waals surface area contributed by atoms with Gasteiger partial charge in [-0.2, -0.15) is 9.97 Å². The lowest BCUT2D eigenvalue weighted by Crippen LogP contribution is -2.44. The van der Waals surface area contributed by atoms with Gasteiger partial charge in [0.25, 0.3) is 0 Å². The van der Waals surface area contributed by atoms with Crippen molar-refractivity contribution >= 4 is 22.9 Å². The highest BCUT2D eigenvalue weighted by molar-refractivity contribution is 5.83. The van der Waals surface area contributed by atoms with Gasteiger partial charge in [0.1, 0.15) is 0 Å². The molecule has 0 saturated carbocycles. The monoisotopic (exact) mass is 520 g/mol. The summed E-state index contributed by atoms with van der Waals surface area (Å²) in [4.78, 5) is 12.0. The molecule has 8 nitrogen and oxygen atoms in total. The summed E-state index contributed by atoms with van der Waals surface area (Å²) < 4.78 is 1.77. The minimum Gasteiger partial charge on any atom is -0.365 e. The first-order valence-electron chi connectivity index (χ1n) is 14.0. The SMILES string of the molecule is C=CCNc1nc(N2CCC(NCC3c4ccccc4CCc4ccccc43)CC2)nc2c1nnn2CC=C. The van der Waals surface area contributed by atoms with E-state index in [2.05, 4.69) is 87.5 Å². The molecule has 8 heteroatoms. The van der Waals surface area contributed by atoms with Crippen LogP contribution in [-0.2, 0) is 19.4 Å². The Hall–Kier alpha value is -4.04. The van der Waals surface area contributed by atoms with E-state index in [-0.39, 0.29) is 0 Å². The van der Waals surface area contributed by atoms with E-state index in [0.29, 0.717) is 42.3 Å². The Morgan fingerprint density at radius 3 is 2.26 bits per heavy atom. The van der Waals surface area contributed by atoms with E-state index < -0.39 is 0 Å². The molecule has 3 heterocycles. The largest absolute Gasteiger partial charge is 0.365 e. The lowest BCUT2D eigenvalue weighted by Gasteiger charge is -2.33. The molecular weight excluding hydrogens is 484 g/mol. The van der Waals surface area contributed by atoms with Gasteiger partial charge in [0, 0.05) is 38.1 Å². The quantitative estimate of drug-likeness (QED) is 0.315. The summed E-state index contributed by atoms with van der Waals surface area (Å²) in [5.74, 6) is 1.78. The number of rotatable bonds is 9. The zero-order chi connectivity index (χ0) is 26.6. The van der Waals surface area contributed by atoms with Crippen LogP contribution < -0.4 is 15.5 Å². The Kier molecular flexibility index (Phi) is 7.36. The van der Waals surface area contributed by atoms with Gasteiger partial charge in [-0.3, -0.25) is 0 Å². The predicted octanol–water partition coefficient (Wildman–Crippen LogP) is 4.49. The Morgan fingerprint density at radius 1 is 0.897 bits per heavy atom. The normalized spacial score (nSPS) is 15.9. The molecule has 1 aliphatic carbocycles. The summed E-state index contributed by atoms with van der Waals surface area (Å²) in [5.41, 5.74) is 7.29. The number of hydrogen-bond donors (Lipinski definition) is 2. The van der Waals surface area contributed by atoms with Crippen molar-refractivity contribution in [1.29, 1.82) is 0 Å². The van der Waals surface area contributed by atoms with Crippen LogP contribution in [0.15, 0.2) is 73.8 Å². The van der Waals surface area contributed by atoms with Crippen LogP contribution >= 0.6 is 0 Å². The third-order valence-electron chi connectivity index (χ3n) is 7.98. The second-order valence-electron chi connectivity index (χ2n) is 10.4. The first kappa shape index (κ1) is 25.2. The Bertz CT molecular complexity index is 1420. The molecule has 2 aromatic heterocycles. The highest BCUT2D eigenvalue weighted by atomic mass is 15.5. The second kappa shape index (κ2) is 11.4. The zero-order valence-electron chi connectivity index (χ0n) is 22.4. The maximum absolute atomic E-state index is 4.87. The van der Waals surface area contributed by atoms with Crippen LogP contribution in [0.1, 0.15) is 41.0 Å². The molecular formula is C31H36N8. The topological polar surface area (TPSA) is 83.8 Å². The molecule has 1 aliphatic heterocycles. The van der Waals surface area contributed by atoms with Gasteiger partial charge in [-0.05, 0) is 47.9 Å². The van der Waals surface area contributed by atoms with Crippen molar-refractivity contribution in [2.45, 2.75) is 44.2 Å². The summed E-state index contributed by atoms with van der Waals surface area (Å²) in [7, 11) is 0. The molecule has 1 fully saturated rings. The van der Waals surface area contributed by atoms with Gasteiger partial charge in [0.15, 0.2) is 17.0 Å². The molecule has 0 spiro atoms. The second-order valence-corrected chi connectivity index (χ2v) is 10.4. The lowest BCUT2D eigenvalue weighted by molar-refractivity contribution is 0.407. The van der Waals surface area contributed by atoms with E-state index in [1.54, 1.807) is 10.8 Å². The predicted molar refractivity (Wildman–Crippen MR) is 157 cm³/mol. The highest BCUT2D eigenvalue weighted by Gasteiger charge is 2.27. The van der Waals surface area contributed by atoms with Gasteiger partial charge < -0.3 is 15.5 Å². The zero-order valence-corrected chi connectivity index (χ0v) is 22.4. The Balaban J connectivity index is 1.16. The van der Waals surface area contributed by atoms with Gasteiger partial charge in [-0.1, -0.05) is 65.9 Å². The van der Waals surface area contributed by atoms with Crippen LogP contribution in [0, 0.1) is 0 Å². The van der Waals surface area contributed by atoms with Gasteiger partial charge in [-0.25, -0.2) is 4.68 Å². The van der Waals surface area contributed by atoms with Crippen LogP contribution in [0.25, 0.3) is 11.2 Å². The maximum atomic E-state index is 4.87. The number of nitrogens with zero attached hydrogens (tertiary/aromatic N) is 6. The van der Waals surface area contributed by atoms with E-state index in [4.69, 9.17) is 9.97 Å². The molecule has 4 aromatic rings. The van der Waals surface area contributed by atoms with E-state index in [1.165, 1.54) is 22.3 Å². The molecule has 0 atom stereocenters. The average Bonchev–Trinajstić information content (AvgIpc) is 3.31. The molecule has 39 heavy (non-hydrogen) atoms. The number of piperidine rings is 1. The molecule has 2 aliphatic rings. The van der Waals surface area contributed by atoms with Crippen LogP contribution in [-0.4, -0.2) is 57.2 Å². The molecule has 0 bridgehead atoms. The number of allylic oxidation sites excluding steroid dienone is 1. The van der Waals surface area contributed by atoms with Crippen LogP contribution in [0.5, 0.6) is 0 Å². The molecule has 6 rings (SSSR count). The van der Waals surface area contributed by atoms with Crippen LogP contribution in [0.3, 0.4) is 0 Å². The fraction of sp³-hybridized carbons (Fsp3) is 0.355. The number of fused-ring (bicyclic) bond motifs is 3. The summed E-state index contributed by atoms with van der Waals surface area (Å²) in [5, 5.41) is 15.8. The summed E-state index contributed by atoms with van der Waals surface area (Å²) >= 11 is 0. The van der Waals surface area contributed by atoms with E-state index >= 15 is 0 Å². The third kappa shape index (κ3) is 5.16. The smallest absolute Gasteiger partial charge is 0.229 e. The number of hydrogen-bond acceptors (Lipinski definition) is 7. The number of benzene rings is 2. The van der Waals surface area contributed by atoms with E-state index in [1.807, 2.05) is 6.08 Å². The van der Waals surface area contributed by atoms with Crippen molar-refractivity contribution in [3.8, 4) is 0 Å². The molecule has 2 aromatic carbocycles. The molecule has 0 radical (unpaired) electrons. The van der Waals surface area contributed by atoms with Crippen molar-refractivity contribution in [3.05, 3.63) is 96.1 Å². The van der Waals surface area contributed by atoms with Crippen molar-refractivity contribution in [2.75, 3.05) is 36.4 Å². The van der Waals surface area contributed by atoms with Crippen molar-refractivity contribution in [1.82, 2.24) is 30.3 Å². The minimum atomic E-state index is 0.375. The minimum absolute atomic E-state index is 0.375. The van der Waals surface area contributed by atoms with E-state index in [9.17, 15) is 0 Å². The fourth-order valence-electron chi connectivity index (χ4n) is 5.95. The average molecular weight is 521 g/mol. The first-order chi connectivity index (χ1) is 19.2. The van der Waals surface area contributed by atoms with Gasteiger partial charge >= 0.3 is 0 Å². The number of aryl methyl sites for hydroxylation is 2. The Morgan fingerprint density at radius 2 is 1.59 bits per heavy atom. The number of nitrogens with one attached hydrogen (secondary N) is 2.